The first-order valence-corrected chi connectivity index (χ1v) is 7.26. The van der Waals surface area contributed by atoms with E-state index in [2.05, 4.69) is 49.3 Å². The third-order valence-corrected chi connectivity index (χ3v) is 3.49. The third kappa shape index (κ3) is 3.75. The summed E-state index contributed by atoms with van der Waals surface area (Å²) in [5, 5.41) is 4.22. The fourth-order valence-electron chi connectivity index (χ4n) is 2.10. The van der Waals surface area contributed by atoms with Gasteiger partial charge in [-0.25, -0.2) is 0 Å². The summed E-state index contributed by atoms with van der Waals surface area (Å²) in [4.78, 5) is 2.17. The summed E-state index contributed by atoms with van der Waals surface area (Å²) in [5.74, 6) is 0. The van der Waals surface area contributed by atoms with Crippen LogP contribution in [-0.4, -0.2) is 13.1 Å². The number of benzene rings is 2. The zero-order valence-corrected chi connectivity index (χ0v) is 13.0. The van der Waals surface area contributed by atoms with E-state index in [4.69, 9.17) is 11.6 Å². The van der Waals surface area contributed by atoms with Gasteiger partial charge < -0.3 is 10.2 Å². The van der Waals surface area contributed by atoms with Crippen LogP contribution in [-0.2, 0) is 6.54 Å². The van der Waals surface area contributed by atoms with E-state index < -0.39 is 0 Å². The van der Waals surface area contributed by atoms with Gasteiger partial charge in [0.1, 0.15) is 0 Å². The number of halogens is 1. The van der Waals surface area contributed by atoms with Crippen LogP contribution < -0.4 is 10.2 Å². The molecule has 0 saturated heterocycles. The Bertz CT molecular complexity index is 552. The molecule has 0 radical (unpaired) electrons. The van der Waals surface area contributed by atoms with Crippen molar-refractivity contribution in [1.82, 2.24) is 5.32 Å². The lowest BCUT2D eigenvalue weighted by Gasteiger charge is -2.23. The Kier molecular flexibility index (Phi) is 5.05. The lowest BCUT2D eigenvalue weighted by atomic mass is 10.1. The monoisotopic (exact) mass is 288 g/mol. The van der Waals surface area contributed by atoms with Gasteiger partial charge >= 0.3 is 0 Å². The molecule has 2 rings (SSSR count). The van der Waals surface area contributed by atoms with Gasteiger partial charge in [0.25, 0.3) is 0 Å². The van der Waals surface area contributed by atoms with E-state index in [-0.39, 0.29) is 0 Å². The van der Waals surface area contributed by atoms with Gasteiger partial charge in [0.2, 0.25) is 0 Å². The number of nitrogens with zero attached hydrogens (tertiary/aromatic N) is 1. The van der Waals surface area contributed by atoms with Crippen molar-refractivity contribution in [2.75, 3.05) is 11.9 Å². The second kappa shape index (κ2) is 6.78. The Balaban J connectivity index is 2.31. The Morgan fingerprint density at radius 1 is 1.10 bits per heavy atom. The minimum atomic E-state index is 0.459. The number of anilines is 2. The molecule has 0 aliphatic heterocycles. The van der Waals surface area contributed by atoms with Gasteiger partial charge in [-0.1, -0.05) is 49.7 Å². The second-order valence-corrected chi connectivity index (χ2v) is 5.64. The van der Waals surface area contributed by atoms with Gasteiger partial charge in [-0.2, -0.15) is 0 Å². The standard InChI is InChI=1S/C17H21ClN2/c1-13(2)19-12-14-9-10-15(18)11-17(14)20(3)16-7-5-4-6-8-16/h4-11,13,19H,12H2,1-3H3. The van der Waals surface area contributed by atoms with Crippen LogP contribution in [0.15, 0.2) is 48.5 Å². The fourth-order valence-corrected chi connectivity index (χ4v) is 2.27. The van der Waals surface area contributed by atoms with E-state index >= 15 is 0 Å². The number of hydrogen-bond acceptors (Lipinski definition) is 2. The van der Waals surface area contributed by atoms with Gasteiger partial charge in [-0.3, -0.25) is 0 Å². The van der Waals surface area contributed by atoms with Crippen LogP contribution in [0.5, 0.6) is 0 Å². The van der Waals surface area contributed by atoms with E-state index in [1.54, 1.807) is 0 Å². The van der Waals surface area contributed by atoms with Crippen molar-refractivity contribution in [3.8, 4) is 0 Å². The van der Waals surface area contributed by atoms with Crippen LogP contribution in [0.1, 0.15) is 19.4 Å². The van der Waals surface area contributed by atoms with Crippen molar-refractivity contribution in [1.29, 1.82) is 0 Å². The maximum Gasteiger partial charge on any atom is 0.0468 e. The quantitative estimate of drug-likeness (QED) is 0.864. The largest absolute Gasteiger partial charge is 0.344 e. The van der Waals surface area contributed by atoms with Gasteiger partial charge in [-0.15, -0.1) is 0 Å². The molecular formula is C17H21ClN2. The molecule has 20 heavy (non-hydrogen) atoms. The molecule has 0 atom stereocenters. The summed E-state index contributed by atoms with van der Waals surface area (Å²) in [6, 6.07) is 16.8. The van der Waals surface area contributed by atoms with Crippen LogP contribution in [0.2, 0.25) is 5.02 Å². The average Bonchev–Trinajstić information content (AvgIpc) is 2.46. The van der Waals surface area contributed by atoms with Crippen LogP contribution >= 0.6 is 11.6 Å². The third-order valence-electron chi connectivity index (χ3n) is 3.25. The molecule has 0 heterocycles. The minimum Gasteiger partial charge on any atom is -0.344 e. The van der Waals surface area contributed by atoms with Crippen molar-refractivity contribution >= 4 is 23.0 Å². The summed E-state index contributed by atoms with van der Waals surface area (Å²) in [7, 11) is 2.07. The smallest absolute Gasteiger partial charge is 0.0468 e. The average molecular weight is 289 g/mol. The number of nitrogens with one attached hydrogen (secondary N) is 1. The molecule has 0 saturated carbocycles. The lowest BCUT2D eigenvalue weighted by molar-refractivity contribution is 0.589. The topological polar surface area (TPSA) is 15.3 Å². The van der Waals surface area contributed by atoms with Gasteiger partial charge in [0.15, 0.2) is 0 Å². The molecule has 0 aliphatic rings. The van der Waals surface area contributed by atoms with E-state index in [0.717, 1.165) is 22.9 Å². The first kappa shape index (κ1) is 14.9. The molecule has 0 fully saturated rings. The van der Waals surface area contributed by atoms with Crippen molar-refractivity contribution in [3.05, 3.63) is 59.1 Å². The molecule has 0 unspecified atom stereocenters. The van der Waals surface area contributed by atoms with Crippen molar-refractivity contribution in [2.45, 2.75) is 26.4 Å². The number of rotatable bonds is 5. The highest BCUT2D eigenvalue weighted by Crippen LogP contribution is 2.29. The Morgan fingerprint density at radius 2 is 1.80 bits per heavy atom. The predicted molar refractivity (Wildman–Crippen MR) is 87.9 cm³/mol. The highest BCUT2D eigenvalue weighted by atomic mass is 35.5. The highest BCUT2D eigenvalue weighted by Gasteiger charge is 2.10. The molecule has 2 aromatic rings. The molecule has 3 heteroatoms. The van der Waals surface area contributed by atoms with E-state index in [0.29, 0.717) is 6.04 Å². The fraction of sp³-hybridized carbons (Fsp3) is 0.294. The van der Waals surface area contributed by atoms with E-state index in [1.807, 2.05) is 30.3 Å². The Hall–Kier alpha value is -1.51. The lowest BCUT2D eigenvalue weighted by Crippen LogP contribution is -2.23. The molecule has 2 aromatic carbocycles. The molecule has 106 valence electrons. The van der Waals surface area contributed by atoms with Crippen molar-refractivity contribution in [2.24, 2.45) is 0 Å². The van der Waals surface area contributed by atoms with Crippen LogP contribution in [0.25, 0.3) is 0 Å². The first-order chi connectivity index (χ1) is 9.58. The first-order valence-electron chi connectivity index (χ1n) is 6.88. The highest BCUT2D eigenvalue weighted by molar-refractivity contribution is 6.30. The van der Waals surface area contributed by atoms with Gasteiger partial charge in [-0.05, 0) is 29.8 Å². The zero-order valence-electron chi connectivity index (χ0n) is 12.2. The normalized spacial score (nSPS) is 10.8. The van der Waals surface area contributed by atoms with Crippen LogP contribution in [0, 0.1) is 0 Å². The summed E-state index contributed by atoms with van der Waals surface area (Å²) in [6.07, 6.45) is 0. The second-order valence-electron chi connectivity index (χ2n) is 5.20. The van der Waals surface area contributed by atoms with E-state index in [1.165, 1.54) is 5.56 Å². The maximum absolute atomic E-state index is 6.16. The van der Waals surface area contributed by atoms with Gasteiger partial charge in [0, 0.05) is 36.0 Å². The molecule has 2 nitrogen and oxygen atoms in total. The molecular weight excluding hydrogens is 268 g/mol. The number of para-hydroxylation sites is 1. The molecule has 0 amide bonds. The summed E-state index contributed by atoms with van der Waals surface area (Å²) in [6.45, 7) is 5.13. The zero-order chi connectivity index (χ0) is 14.5. The summed E-state index contributed by atoms with van der Waals surface area (Å²) >= 11 is 6.16. The van der Waals surface area contributed by atoms with Crippen LogP contribution in [0.4, 0.5) is 11.4 Å². The molecule has 0 aromatic heterocycles. The summed E-state index contributed by atoms with van der Waals surface area (Å²) < 4.78 is 0. The summed E-state index contributed by atoms with van der Waals surface area (Å²) in [5.41, 5.74) is 3.53. The van der Waals surface area contributed by atoms with Crippen LogP contribution in [0.3, 0.4) is 0 Å². The van der Waals surface area contributed by atoms with Crippen molar-refractivity contribution < 1.29 is 0 Å². The SMILES string of the molecule is CC(C)NCc1ccc(Cl)cc1N(C)c1ccccc1. The molecule has 0 spiro atoms. The Morgan fingerprint density at radius 3 is 2.45 bits per heavy atom. The Labute approximate surface area is 126 Å². The number of hydrogen-bond donors (Lipinski definition) is 1. The van der Waals surface area contributed by atoms with Gasteiger partial charge in [0.05, 0.1) is 0 Å². The van der Waals surface area contributed by atoms with E-state index in [9.17, 15) is 0 Å². The molecule has 1 N–H and O–H groups in total. The maximum atomic E-state index is 6.16. The molecule has 0 bridgehead atoms. The molecule has 0 aliphatic carbocycles. The predicted octanol–water partition coefficient (Wildman–Crippen LogP) is 4.61. The van der Waals surface area contributed by atoms with Crippen molar-refractivity contribution in [3.63, 3.8) is 0 Å². The minimum absolute atomic E-state index is 0.459.